The Labute approximate surface area is 230 Å². The molecule has 5 heteroatoms. The number of aliphatic hydroxyl groups is 1. The molecule has 0 aliphatic carbocycles. The van der Waals surface area contributed by atoms with Crippen LogP contribution in [0.1, 0.15) is 130 Å². The standard InChI is InChI=1S/C32H61NO4/c1-6-9-11-13-20-31(19-10-7-2)32(35)37-28-17-16-27-36-30(5)22-25-33(23-14-12-15-26-34)24-21-29(4)18-8-3/h31,34H,4-28H2,1-3H3. The molecule has 1 atom stereocenters. The second-order valence-corrected chi connectivity index (χ2v) is 10.6. The quantitative estimate of drug-likeness (QED) is 0.0484. The van der Waals surface area contributed by atoms with E-state index in [-0.39, 0.29) is 18.5 Å². The zero-order valence-corrected chi connectivity index (χ0v) is 24.9. The maximum atomic E-state index is 12.6. The molecule has 0 fully saturated rings. The van der Waals surface area contributed by atoms with E-state index in [2.05, 4.69) is 38.8 Å². The SMILES string of the molecule is C=C(CCC)CCN(CCCCCO)CCC(=C)OCCCCOC(=O)C(CCCC)CCCCCC. The molecule has 0 radical (unpaired) electrons. The highest BCUT2D eigenvalue weighted by atomic mass is 16.5. The molecule has 37 heavy (non-hydrogen) atoms. The van der Waals surface area contributed by atoms with Gasteiger partial charge in [0.2, 0.25) is 0 Å². The van der Waals surface area contributed by atoms with E-state index in [0.717, 1.165) is 115 Å². The highest BCUT2D eigenvalue weighted by molar-refractivity contribution is 5.72. The maximum Gasteiger partial charge on any atom is 0.308 e. The van der Waals surface area contributed by atoms with Gasteiger partial charge < -0.3 is 19.5 Å². The van der Waals surface area contributed by atoms with Crippen molar-refractivity contribution in [2.45, 2.75) is 130 Å². The number of rotatable bonds is 28. The molecule has 0 aliphatic rings. The number of aliphatic hydroxyl groups excluding tert-OH is 1. The van der Waals surface area contributed by atoms with E-state index in [1.807, 2.05) is 0 Å². The summed E-state index contributed by atoms with van der Waals surface area (Å²) >= 11 is 0. The van der Waals surface area contributed by atoms with Gasteiger partial charge in [-0.3, -0.25) is 4.79 Å². The van der Waals surface area contributed by atoms with Gasteiger partial charge in [-0.25, -0.2) is 0 Å². The molecule has 0 rings (SSSR count). The molecule has 218 valence electrons. The fraction of sp³-hybridized carbons (Fsp3) is 0.844. The van der Waals surface area contributed by atoms with Crippen LogP contribution in [0.3, 0.4) is 0 Å². The molecule has 0 aromatic carbocycles. The third-order valence-corrected chi connectivity index (χ3v) is 6.96. The number of esters is 1. The molecule has 0 aliphatic heterocycles. The normalized spacial score (nSPS) is 12.0. The third-order valence-electron chi connectivity index (χ3n) is 6.96. The number of unbranched alkanes of at least 4 members (excludes halogenated alkanes) is 7. The Bertz CT molecular complexity index is 563. The van der Waals surface area contributed by atoms with Crippen LogP contribution in [0.5, 0.6) is 0 Å². The second kappa shape index (κ2) is 26.3. The highest BCUT2D eigenvalue weighted by Gasteiger charge is 2.19. The Kier molecular flexibility index (Phi) is 25.3. The lowest BCUT2D eigenvalue weighted by molar-refractivity contribution is -0.149. The first-order valence-electron chi connectivity index (χ1n) is 15.4. The molecule has 0 saturated heterocycles. The molecule has 1 N–H and O–H groups in total. The van der Waals surface area contributed by atoms with Crippen molar-refractivity contribution in [3.8, 4) is 0 Å². The van der Waals surface area contributed by atoms with Gasteiger partial charge in [-0.1, -0.05) is 84.4 Å². The summed E-state index contributed by atoms with van der Waals surface area (Å²) in [5.74, 6) is 0.894. The van der Waals surface area contributed by atoms with Gasteiger partial charge in [0.25, 0.3) is 0 Å². The molecule has 1 unspecified atom stereocenters. The zero-order valence-electron chi connectivity index (χ0n) is 24.9. The number of hydrogen-bond donors (Lipinski definition) is 1. The topological polar surface area (TPSA) is 59.0 Å². The second-order valence-electron chi connectivity index (χ2n) is 10.6. The van der Waals surface area contributed by atoms with Crippen LogP contribution in [0.2, 0.25) is 0 Å². The van der Waals surface area contributed by atoms with Crippen molar-refractivity contribution in [1.82, 2.24) is 4.90 Å². The largest absolute Gasteiger partial charge is 0.499 e. The first kappa shape index (κ1) is 35.7. The van der Waals surface area contributed by atoms with Crippen LogP contribution in [-0.4, -0.2) is 55.4 Å². The predicted molar refractivity (Wildman–Crippen MR) is 158 cm³/mol. The summed E-state index contributed by atoms with van der Waals surface area (Å²) in [6.45, 7) is 19.3. The van der Waals surface area contributed by atoms with E-state index in [9.17, 15) is 4.79 Å². The average Bonchev–Trinajstić information content (AvgIpc) is 2.89. The van der Waals surface area contributed by atoms with Gasteiger partial charge >= 0.3 is 5.97 Å². The summed E-state index contributed by atoms with van der Waals surface area (Å²) in [6.07, 6.45) is 17.8. The van der Waals surface area contributed by atoms with Crippen LogP contribution in [-0.2, 0) is 14.3 Å². The van der Waals surface area contributed by atoms with E-state index < -0.39 is 0 Å². The number of carbonyl (C=O) groups excluding carboxylic acids is 1. The van der Waals surface area contributed by atoms with E-state index in [4.69, 9.17) is 14.6 Å². The molecular formula is C32H61NO4. The minimum absolute atomic E-state index is 0.00373. The van der Waals surface area contributed by atoms with Crippen LogP contribution in [0.4, 0.5) is 0 Å². The predicted octanol–water partition coefficient (Wildman–Crippen LogP) is 8.22. The minimum atomic E-state index is -0.00373. The van der Waals surface area contributed by atoms with Crippen LogP contribution in [0.15, 0.2) is 24.5 Å². The summed E-state index contributed by atoms with van der Waals surface area (Å²) in [6, 6.07) is 0. The van der Waals surface area contributed by atoms with Crippen molar-refractivity contribution in [3.63, 3.8) is 0 Å². The lowest BCUT2D eigenvalue weighted by Gasteiger charge is -2.23. The van der Waals surface area contributed by atoms with Gasteiger partial charge in [0.15, 0.2) is 0 Å². The van der Waals surface area contributed by atoms with Gasteiger partial charge in [0.1, 0.15) is 0 Å². The van der Waals surface area contributed by atoms with E-state index in [0.29, 0.717) is 13.2 Å². The first-order chi connectivity index (χ1) is 18.0. The van der Waals surface area contributed by atoms with Gasteiger partial charge in [0.05, 0.1) is 24.9 Å². The van der Waals surface area contributed by atoms with Gasteiger partial charge in [0, 0.05) is 26.1 Å². The smallest absolute Gasteiger partial charge is 0.308 e. The Hall–Kier alpha value is -1.33. The molecule has 0 bridgehead atoms. The maximum absolute atomic E-state index is 12.6. The van der Waals surface area contributed by atoms with Crippen molar-refractivity contribution >= 4 is 5.97 Å². The Morgan fingerprint density at radius 1 is 0.703 bits per heavy atom. The summed E-state index contributed by atoms with van der Waals surface area (Å²) in [4.78, 5) is 15.0. The van der Waals surface area contributed by atoms with Crippen molar-refractivity contribution in [2.75, 3.05) is 39.5 Å². The summed E-state index contributed by atoms with van der Waals surface area (Å²) in [7, 11) is 0. The van der Waals surface area contributed by atoms with E-state index in [1.54, 1.807) is 0 Å². The summed E-state index contributed by atoms with van der Waals surface area (Å²) < 4.78 is 11.5. The Balaban J connectivity index is 4.16. The van der Waals surface area contributed by atoms with Crippen LogP contribution >= 0.6 is 0 Å². The molecule has 0 saturated carbocycles. The molecule has 0 amide bonds. The van der Waals surface area contributed by atoms with Crippen LogP contribution in [0.25, 0.3) is 0 Å². The number of ether oxygens (including phenoxy) is 2. The first-order valence-corrected chi connectivity index (χ1v) is 15.4. The molecule has 0 heterocycles. The van der Waals surface area contributed by atoms with Crippen LogP contribution < -0.4 is 0 Å². The molecule has 0 aromatic heterocycles. The van der Waals surface area contributed by atoms with Gasteiger partial charge in [-0.2, -0.15) is 0 Å². The fourth-order valence-electron chi connectivity index (χ4n) is 4.47. The van der Waals surface area contributed by atoms with Gasteiger partial charge in [-0.15, -0.1) is 0 Å². The highest BCUT2D eigenvalue weighted by Crippen LogP contribution is 2.19. The van der Waals surface area contributed by atoms with Crippen molar-refractivity contribution in [1.29, 1.82) is 0 Å². The number of carbonyl (C=O) groups is 1. The monoisotopic (exact) mass is 523 g/mol. The lowest BCUT2D eigenvalue weighted by atomic mass is 9.95. The van der Waals surface area contributed by atoms with Crippen molar-refractivity contribution in [3.05, 3.63) is 24.5 Å². The Morgan fingerprint density at radius 3 is 2.03 bits per heavy atom. The van der Waals surface area contributed by atoms with E-state index in [1.165, 1.54) is 24.8 Å². The zero-order chi connectivity index (χ0) is 27.6. The van der Waals surface area contributed by atoms with Crippen LogP contribution in [0, 0.1) is 5.92 Å². The van der Waals surface area contributed by atoms with Gasteiger partial charge in [-0.05, 0) is 64.3 Å². The average molecular weight is 524 g/mol. The summed E-state index contributed by atoms with van der Waals surface area (Å²) in [5.41, 5.74) is 1.33. The third kappa shape index (κ3) is 22.4. The fourth-order valence-corrected chi connectivity index (χ4v) is 4.47. The Morgan fingerprint density at radius 2 is 1.35 bits per heavy atom. The molecule has 0 aromatic rings. The lowest BCUT2D eigenvalue weighted by Crippen LogP contribution is -2.28. The molecular weight excluding hydrogens is 462 g/mol. The van der Waals surface area contributed by atoms with Crippen molar-refractivity contribution in [2.24, 2.45) is 5.92 Å². The molecule has 0 spiro atoms. The van der Waals surface area contributed by atoms with E-state index >= 15 is 0 Å². The minimum Gasteiger partial charge on any atom is -0.499 e. The summed E-state index contributed by atoms with van der Waals surface area (Å²) in [5, 5.41) is 9.03. The number of hydrogen-bond acceptors (Lipinski definition) is 5. The number of nitrogens with zero attached hydrogens (tertiary/aromatic N) is 1. The van der Waals surface area contributed by atoms with Crippen molar-refractivity contribution < 1.29 is 19.4 Å². The molecule has 5 nitrogen and oxygen atoms in total.